The van der Waals surface area contributed by atoms with Crippen molar-refractivity contribution in [3.8, 4) is 11.5 Å². The monoisotopic (exact) mass is 555 g/mol. The number of carbonyl (C=O) groups excluding carboxylic acids is 2. The van der Waals surface area contributed by atoms with E-state index in [4.69, 9.17) is 14.2 Å². The number of hydrogen-bond acceptors (Lipinski definition) is 6. The van der Waals surface area contributed by atoms with E-state index in [1.54, 1.807) is 25.1 Å². The van der Waals surface area contributed by atoms with Crippen molar-refractivity contribution in [3.63, 3.8) is 0 Å². The van der Waals surface area contributed by atoms with E-state index >= 15 is 0 Å². The van der Waals surface area contributed by atoms with Gasteiger partial charge in [-0.3, -0.25) is 4.79 Å². The van der Waals surface area contributed by atoms with Crippen LogP contribution in [0.15, 0.2) is 51.6 Å². The van der Waals surface area contributed by atoms with Gasteiger partial charge in [0.2, 0.25) is 5.90 Å². The van der Waals surface area contributed by atoms with E-state index in [1.807, 2.05) is 46.9 Å². The number of esters is 2. The first kappa shape index (κ1) is 20.5. The van der Waals surface area contributed by atoms with E-state index < -0.39 is 5.97 Å². The Morgan fingerprint density at radius 3 is 2.79 bits per heavy atom. The molecule has 0 aliphatic carbocycles. The first-order valence-corrected chi connectivity index (χ1v) is 10.1. The summed E-state index contributed by atoms with van der Waals surface area (Å²) in [7, 11) is 1.49. The summed E-state index contributed by atoms with van der Waals surface area (Å²) in [5, 5.41) is 0. The molecule has 0 fully saturated rings. The van der Waals surface area contributed by atoms with Crippen molar-refractivity contribution in [3.05, 3.63) is 61.3 Å². The molecule has 0 radical (unpaired) electrons. The molecule has 1 heterocycles. The van der Waals surface area contributed by atoms with Crippen LogP contribution in [0.4, 0.5) is 0 Å². The standard InChI is InChI=1S/C20H15BrINO5/c1-3-17(24)27-18-14(22)7-11(9-16(18)26-2)8-15-20(25)28-19(23-15)12-5-4-6-13(21)10-12/h4-10H,3H2,1-2H3/b15-8-. The zero-order valence-corrected chi connectivity index (χ0v) is 18.7. The van der Waals surface area contributed by atoms with Gasteiger partial charge in [-0.1, -0.05) is 28.9 Å². The Hall–Kier alpha value is -2.20. The minimum absolute atomic E-state index is 0.172. The minimum Gasteiger partial charge on any atom is -0.493 e. The SMILES string of the molecule is CCC(=O)Oc1c(I)cc(/C=C2\N=C(c3cccc(Br)c3)OC2=O)cc1OC. The molecule has 1 aliphatic heterocycles. The lowest BCUT2D eigenvalue weighted by Gasteiger charge is -2.11. The molecular weight excluding hydrogens is 541 g/mol. The van der Waals surface area contributed by atoms with Gasteiger partial charge >= 0.3 is 11.9 Å². The topological polar surface area (TPSA) is 74.2 Å². The number of benzene rings is 2. The van der Waals surface area contributed by atoms with Gasteiger partial charge in [0.25, 0.3) is 0 Å². The van der Waals surface area contributed by atoms with Gasteiger partial charge in [0, 0.05) is 16.5 Å². The predicted octanol–water partition coefficient (Wildman–Crippen LogP) is 4.72. The molecule has 28 heavy (non-hydrogen) atoms. The summed E-state index contributed by atoms with van der Waals surface area (Å²) in [4.78, 5) is 28.1. The number of carbonyl (C=O) groups is 2. The second kappa shape index (κ2) is 8.87. The third kappa shape index (κ3) is 4.61. The van der Waals surface area contributed by atoms with Gasteiger partial charge in [-0.05, 0) is 64.6 Å². The summed E-state index contributed by atoms with van der Waals surface area (Å²) >= 11 is 5.44. The van der Waals surface area contributed by atoms with Gasteiger partial charge in [-0.15, -0.1) is 0 Å². The van der Waals surface area contributed by atoms with Crippen LogP contribution in [-0.4, -0.2) is 24.9 Å². The van der Waals surface area contributed by atoms with Gasteiger partial charge in [0.15, 0.2) is 17.2 Å². The van der Waals surface area contributed by atoms with Crippen LogP contribution in [0.25, 0.3) is 6.08 Å². The lowest BCUT2D eigenvalue weighted by Crippen LogP contribution is -2.08. The largest absolute Gasteiger partial charge is 0.493 e. The van der Waals surface area contributed by atoms with Crippen molar-refractivity contribution in [1.82, 2.24) is 0 Å². The number of hydrogen-bond donors (Lipinski definition) is 0. The maximum absolute atomic E-state index is 12.2. The van der Waals surface area contributed by atoms with Gasteiger partial charge in [-0.25, -0.2) is 9.79 Å². The van der Waals surface area contributed by atoms with E-state index in [9.17, 15) is 9.59 Å². The number of nitrogens with zero attached hydrogens (tertiary/aromatic N) is 1. The molecular formula is C20H15BrINO5. The number of ether oxygens (including phenoxy) is 3. The number of cyclic esters (lactones) is 1. The molecule has 0 N–H and O–H groups in total. The zero-order chi connectivity index (χ0) is 20.3. The highest BCUT2D eigenvalue weighted by atomic mass is 127. The Morgan fingerprint density at radius 1 is 1.32 bits per heavy atom. The molecule has 1 aliphatic rings. The molecule has 2 aromatic rings. The van der Waals surface area contributed by atoms with Gasteiger partial charge in [0.1, 0.15) is 0 Å². The van der Waals surface area contributed by atoms with Crippen LogP contribution in [-0.2, 0) is 14.3 Å². The van der Waals surface area contributed by atoms with Crippen LogP contribution in [0.2, 0.25) is 0 Å². The van der Waals surface area contributed by atoms with Crippen molar-refractivity contribution in [1.29, 1.82) is 0 Å². The Bertz CT molecular complexity index is 1020. The molecule has 0 saturated carbocycles. The zero-order valence-electron chi connectivity index (χ0n) is 15.0. The van der Waals surface area contributed by atoms with E-state index in [2.05, 4.69) is 20.9 Å². The Kier molecular flexibility index (Phi) is 6.50. The summed E-state index contributed by atoms with van der Waals surface area (Å²) in [6, 6.07) is 10.8. The third-order valence-electron chi connectivity index (χ3n) is 3.75. The minimum atomic E-state index is -0.537. The van der Waals surface area contributed by atoms with Gasteiger partial charge in [-0.2, -0.15) is 0 Å². The molecule has 3 rings (SSSR count). The highest BCUT2D eigenvalue weighted by Crippen LogP contribution is 2.35. The summed E-state index contributed by atoms with van der Waals surface area (Å²) in [6.07, 6.45) is 1.85. The van der Waals surface area contributed by atoms with Gasteiger partial charge < -0.3 is 14.2 Å². The molecule has 6 nitrogen and oxygen atoms in total. The van der Waals surface area contributed by atoms with Crippen LogP contribution < -0.4 is 9.47 Å². The molecule has 0 amide bonds. The maximum Gasteiger partial charge on any atom is 0.363 e. The Balaban J connectivity index is 1.95. The third-order valence-corrected chi connectivity index (χ3v) is 5.05. The summed E-state index contributed by atoms with van der Waals surface area (Å²) in [5.74, 6) is 0.0932. The average Bonchev–Trinajstić information content (AvgIpc) is 3.04. The fourth-order valence-electron chi connectivity index (χ4n) is 2.42. The van der Waals surface area contributed by atoms with Crippen LogP contribution >= 0.6 is 38.5 Å². The molecule has 0 spiro atoms. The van der Waals surface area contributed by atoms with E-state index in [0.29, 0.717) is 26.2 Å². The van der Waals surface area contributed by atoms with Crippen LogP contribution in [0.1, 0.15) is 24.5 Å². The van der Waals surface area contributed by atoms with Crippen molar-refractivity contribution in [2.24, 2.45) is 4.99 Å². The van der Waals surface area contributed by atoms with Crippen LogP contribution in [0.5, 0.6) is 11.5 Å². The first-order valence-electron chi connectivity index (χ1n) is 8.28. The molecule has 0 bridgehead atoms. The maximum atomic E-state index is 12.2. The Labute approximate surface area is 183 Å². The lowest BCUT2D eigenvalue weighted by molar-refractivity contribution is -0.134. The quantitative estimate of drug-likeness (QED) is 0.231. The Morgan fingerprint density at radius 2 is 2.11 bits per heavy atom. The van der Waals surface area contributed by atoms with Crippen LogP contribution in [0.3, 0.4) is 0 Å². The van der Waals surface area contributed by atoms with E-state index in [-0.39, 0.29) is 24.0 Å². The predicted molar refractivity (Wildman–Crippen MR) is 116 cm³/mol. The summed E-state index contributed by atoms with van der Waals surface area (Å²) in [5.41, 5.74) is 1.54. The van der Waals surface area contributed by atoms with E-state index in [1.165, 1.54) is 7.11 Å². The van der Waals surface area contributed by atoms with Crippen molar-refractivity contribution in [2.75, 3.05) is 7.11 Å². The highest BCUT2D eigenvalue weighted by Gasteiger charge is 2.24. The summed E-state index contributed by atoms with van der Waals surface area (Å²) in [6.45, 7) is 1.72. The number of rotatable bonds is 5. The van der Waals surface area contributed by atoms with Crippen LogP contribution in [0, 0.1) is 3.57 Å². The fourth-order valence-corrected chi connectivity index (χ4v) is 3.55. The summed E-state index contributed by atoms with van der Waals surface area (Å²) < 4.78 is 17.5. The first-order chi connectivity index (χ1) is 13.4. The molecule has 2 aromatic carbocycles. The molecule has 0 saturated heterocycles. The average molecular weight is 556 g/mol. The molecule has 144 valence electrons. The number of aliphatic imine (C=N–C) groups is 1. The fraction of sp³-hybridized carbons (Fsp3) is 0.150. The number of halogens is 2. The van der Waals surface area contributed by atoms with Crippen molar-refractivity contribution in [2.45, 2.75) is 13.3 Å². The second-order valence-corrected chi connectivity index (χ2v) is 7.79. The normalized spacial score (nSPS) is 14.6. The van der Waals surface area contributed by atoms with Gasteiger partial charge in [0.05, 0.1) is 10.7 Å². The smallest absolute Gasteiger partial charge is 0.363 e. The van der Waals surface area contributed by atoms with Crippen molar-refractivity contribution >= 4 is 62.4 Å². The second-order valence-electron chi connectivity index (χ2n) is 5.71. The molecule has 8 heteroatoms. The van der Waals surface area contributed by atoms with Crippen molar-refractivity contribution < 1.29 is 23.8 Å². The lowest BCUT2D eigenvalue weighted by atomic mass is 10.1. The van der Waals surface area contributed by atoms with E-state index in [0.717, 1.165) is 4.47 Å². The number of methoxy groups -OCH3 is 1. The molecule has 0 atom stereocenters. The highest BCUT2D eigenvalue weighted by molar-refractivity contribution is 14.1. The molecule has 0 aromatic heterocycles. The molecule has 0 unspecified atom stereocenters.